The van der Waals surface area contributed by atoms with Gasteiger partial charge >= 0.3 is 0 Å². The zero-order chi connectivity index (χ0) is 7.98. The Labute approximate surface area is 64.3 Å². The average molecular weight is 141 g/mol. The van der Waals surface area contributed by atoms with Crippen LogP contribution in [0.3, 0.4) is 0 Å². The maximum absolute atomic E-state index is 5.40. The predicted octanol–water partition coefficient (Wildman–Crippen LogP) is 2.33. The van der Waals surface area contributed by atoms with Crippen molar-refractivity contribution in [3.05, 3.63) is 12.2 Å². The Bertz CT molecular complexity index is 96.9. The number of hydrogen-bond donors (Lipinski definition) is 1. The molecule has 0 amide bonds. The van der Waals surface area contributed by atoms with Crippen molar-refractivity contribution in [3.8, 4) is 0 Å². The Morgan fingerprint density at radius 1 is 1.60 bits per heavy atom. The highest BCUT2D eigenvalue weighted by Gasteiger charge is 2.04. The molecular weight excluding hydrogens is 122 g/mol. The Kier molecular flexibility index (Phi) is 5.32. The van der Waals surface area contributed by atoms with E-state index in [4.69, 9.17) is 5.73 Å². The summed E-state index contributed by atoms with van der Waals surface area (Å²) in [5.74, 6) is 0.698. The summed E-state index contributed by atoms with van der Waals surface area (Å²) >= 11 is 0. The van der Waals surface area contributed by atoms with Gasteiger partial charge in [0, 0.05) is 0 Å². The highest BCUT2D eigenvalue weighted by Crippen LogP contribution is 2.17. The molecule has 60 valence electrons. The summed E-state index contributed by atoms with van der Waals surface area (Å²) in [6.07, 6.45) is 3.54. The fourth-order valence-corrected chi connectivity index (χ4v) is 1.16. The van der Waals surface area contributed by atoms with Gasteiger partial charge in [0.15, 0.2) is 0 Å². The molecule has 0 bridgehead atoms. The predicted molar refractivity (Wildman–Crippen MR) is 46.9 cm³/mol. The highest BCUT2D eigenvalue weighted by atomic mass is 14.5. The minimum absolute atomic E-state index is 0.698. The van der Waals surface area contributed by atoms with E-state index >= 15 is 0 Å². The van der Waals surface area contributed by atoms with Crippen LogP contribution in [-0.4, -0.2) is 6.54 Å². The van der Waals surface area contributed by atoms with Crippen molar-refractivity contribution in [1.82, 2.24) is 0 Å². The second-order valence-electron chi connectivity index (χ2n) is 2.88. The second kappa shape index (κ2) is 5.48. The monoisotopic (exact) mass is 141 g/mol. The van der Waals surface area contributed by atoms with Gasteiger partial charge in [-0.3, -0.25) is 0 Å². The SMILES string of the molecule is C=C(C)C(CC)CCCN. The zero-order valence-electron chi connectivity index (χ0n) is 7.19. The van der Waals surface area contributed by atoms with Crippen molar-refractivity contribution in [1.29, 1.82) is 0 Å². The molecule has 0 heterocycles. The largest absolute Gasteiger partial charge is 0.330 e. The zero-order valence-corrected chi connectivity index (χ0v) is 7.19. The fraction of sp³-hybridized carbons (Fsp3) is 0.778. The van der Waals surface area contributed by atoms with Crippen molar-refractivity contribution in [2.75, 3.05) is 6.54 Å². The van der Waals surface area contributed by atoms with Crippen LogP contribution < -0.4 is 5.73 Å². The first-order chi connectivity index (χ1) is 4.72. The summed E-state index contributed by atoms with van der Waals surface area (Å²) < 4.78 is 0. The summed E-state index contributed by atoms with van der Waals surface area (Å²) in [6, 6.07) is 0. The summed E-state index contributed by atoms with van der Waals surface area (Å²) in [6.45, 7) is 9.05. The minimum Gasteiger partial charge on any atom is -0.330 e. The molecule has 0 aliphatic carbocycles. The van der Waals surface area contributed by atoms with E-state index in [0.29, 0.717) is 5.92 Å². The van der Waals surface area contributed by atoms with Crippen LogP contribution in [0.4, 0.5) is 0 Å². The summed E-state index contributed by atoms with van der Waals surface area (Å²) in [5.41, 5.74) is 6.70. The maximum atomic E-state index is 5.40. The van der Waals surface area contributed by atoms with Gasteiger partial charge in [-0.1, -0.05) is 19.1 Å². The summed E-state index contributed by atoms with van der Waals surface area (Å²) in [7, 11) is 0. The van der Waals surface area contributed by atoms with Gasteiger partial charge in [0.05, 0.1) is 0 Å². The van der Waals surface area contributed by atoms with E-state index in [-0.39, 0.29) is 0 Å². The van der Waals surface area contributed by atoms with Crippen LogP contribution in [-0.2, 0) is 0 Å². The molecular formula is C9H19N. The summed E-state index contributed by atoms with van der Waals surface area (Å²) in [5, 5.41) is 0. The first-order valence-electron chi connectivity index (χ1n) is 4.07. The van der Waals surface area contributed by atoms with Crippen LogP contribution in [0.25, 0.3) is 0 Å². The molecule has 0 spiro atoms. The first kappa shape index (κ1) is 9.70. The molecule has 0 saturated heterocycles. The molecule has 0 radical (unpaired) electrons. The number of allylic oxidation sites excluding steroid dienone is 1. The molecule has 2 N–H and O–H groups in total. The van der Waals surface area contributed by atoms with Gasteiger partial charge in [-0.2, -0.15) is 0 Å². The molecule has 0 aromatic carbocycles. The third kappa shape index (κ3) is 3.67. The van der Waals surface area contributed by atoms with Gasteiger partial charge < -0.3 is 5.73 Å². The molecule has 0 aromatic rings. The minimum atomic E-state index is 0.698. The molecule has 0 rings (SSSR count). The second-order valence-corrected chi connectivity index (χ2v) is 2.88. The molecule has 10 heavy (non-hydrogen) atoms. The van der Waals surface area contributed by atoms with E-state index in [0.717, 1.165) is 13.0 Å². The van der Waals surface area contributed by atoms with Gasteiger partial charge in [0.25, 0.3) is 0 Å². The summed E-state index contributed by atoms with van der Waals surface area (Å²) in [4.78, 5) is 0. The molecule has 1 heteroatoms. The maximum Gasteiger partial charge on any atom is -0.00771 e. The molecule has 0 aliphatic heterocycles. The van der Waals surface area contributed by atoms with E-state index in [2.05, 4.69) is 20.4 Å². The van der Waals surface area contributed by atoms with E-state index in [1.54, 1.807) is 0 Å². The standard InChI is InChI=1S/C9H19N/c1-4-9(8(2)3)6-5-7-10/h9H,2,4-7,10H2,1,3H3. The Hall–Kier alpha value is -0.300. The number of nitrogens with two attached hydrogens (primary N) is 1. The van der Waals surface area contributed by atoms with Crippen LogP contribution in [0.2, 0.25) is 0 Å². The molecule has 1 unspecified atom stereocenters. The lowest BCUT2D eigenvalue weighted by molar-refractivity contribution is 0.525. The van der Waals surface area contributed by atoms with Crippen LogP contribution in [0, 0.1) is 5.92 Å². The van der Waals surface area contributed by atoms with Gasteiger partial charge in [0.2, 0.25) is 0 Å². The van der Waals surface area contributed by atoms with E-state index < -0.39 is 0 Å². The van der Waals surface area contributed by atoms with Crippen molar-refractivity contribution in [3.63, 3.8) is 0 Å². The quantitative estimate of drug-likeness (QED) is 0.584. The average Bonchev–Trinajstić information content (AvgIpc) is 1.89. The fourth-order valence-electron chi connectivity index (χ4n) is 1.16. The van der Waals surface area contributed by atoms with Crippen LogP contribution >= 0.6 is 0 Å². The molecule has 1 atom stereocenters. The first-order valence-corrected chi connectivity index (χ1v) is 4.07. The molecule has 0 fully saturated rings. The van der Waals surface area contributed by atoms with Gasteiger partial charge in [-0.15, -0.1) is 0 Å². The van der Waals surface area contributed by atoms with Crippen LogP contribution in [0.5, 0.6) is 0 Å². The van der Waals surface area contributed by atoms with Gasteiger partial charge in [0.1, 0.15) is 0 Å². The third-order valence-corrected chi connectivity index (χ3v) is 1.95. The normalized spacial score (nSPS) is 13.1. The number of rotatable bonds is 5. The Morgan fingerprint density at radius 3 is 2.50 bits per heavy atom. The van der Waals surface area contributed by atoms with Crippen molar-refractivity contribution in [2.45, 2.75) is 33.1 Å². The van der Waals surface area contributed by atoms with Gasteiger partial charge in [-0.05, 0) is 38.6 Å². The van der Waals surface area contributed by atoms with Crippen molar-refractivity contribution >= 4 is 0 Å². The third-order valence-electron chi connectivity index (χ3n) is 1.95. The van der Waals surface area contributed by atoms with Crippen molar-refractivity contribution in [2.24, 2.45) is 11.7 Å². The molecule has 1 nitrogen and oxygen atoms in total. The van der Waals surface area contributed by atoms with Crippen LogP contribution in [0.15, 0.2) is 12.2 Å². The van der Waals surface area contributed by atoms with Crippen molar-refractivity contribution < 1.29 is 0 Å². The lowest BCUT2D eigenvalue weighted by Gasteiger charge is -2.13. The molecule has 0 aliphatic rings. The number of hydrogen-bond acceptors (Lipinski definition) is 1. The topological polar surface area (TPSA) is 26.0 Å². The van der Waals surface area contributed by atoms with E-state index in [9.17, 15) is 0 Å². The van der Waals surface area contributed by atoms with Gasteiger partial charge in [-0.25, -0.2) is 0 Å². The lowest BCUT2D eigenvalue weighted by Crippen LogP contribution is -2.05. The Balaban J connectivity index is 3.50. The lowest BCUT2D eigenvalue weighted by atomic mass is 9.94. The van der Waals surface area contributed by atoms with E-state index in [1.165, 1.54) is 18.4 Å². The molecule has 0 saturated carbocycles. The van der Waals surface area contributed by atoms with Crippen LogP contribution in [0.1, 0.15) is 33.1 Å². The molecule has 0 aromatic heterocycles. The van der Waals surface area contributed by atoms with E-state index in [1.807, 2.05) is 0 Å². The smallest absolute Gasteiger partial charge is 0.00771 e. The Morgan fingerprint density at radius 2 is 2.20 bits per heavy atom. The highest BCUT2D eigenvalue weighted by molar-refractivity contribution is 4.95.